The lowest BCUT2D eigenvalue weighted by molar-refractivity contribution is 0.0941. The zero-order chi connectivity index (χ0) is 19.8. The summed E-state index contributed by atoms with van der Waals surface area (Å²) in [4.78, 5) is 24.8. The SMILES string of the molecule is COc1ccc2c(c1)c(C(=O)Nc1ccc(C(C)(C)C)cc1)cn2C(C)=O. The number of fused-ring (bicyclic) bond motifs is 1. The molecular formula is C22H24N2O3. The van der Waals surface area contributed by atoms with E-state index in [0.29, 0.717) is 27.9 Å². The van der Waals surface area contributed by atoms with Gasteiger partial charge in [-0.15, -0.1) is 0 Å². The number of hydrogen-bond acceptors (Lipinski definition) is 3. The highest BCUT2D eigenvalue weighted by Crippen LogP contribution is 2.28. The summed E-state index contributed by atoms with van der Waals surface area (Å²) < 4.78 is 6.74. The lowest BCUT2D eigenvalue weighted by atomic mass is 9.87. The molecule has 2 aromatic carbocycles. The maximum Gasteiger partial charge on any atom is 0.257 e. The average Bonchev–Trinajstić information content (AvgIpc) is 3.00. The van der Waals surface area contributed by atoms with Crippen LogP contribution in [0.15, 0.2) is 48.7 Å². The summed E-state index contributed by atoms with van der Waals surface area (Å²) in [5.41, 5.74) is 3.06. The molecule has 1 heterocycles. The molecule has 3 rings (SSSR count). The van der Waals surface area contributed by atoms with E-state index in [1.54, 1.807) is 31.5 Å². The minimum Gasteiger partial charge on any atom is -0.497 e. The Hall–Kier alpha value is -3.08. The highest BCUT2D eigenvalue weighted by atomic mass is 16.5. The second-order valence-electron chi connectivity index (χ2n) is 7.60. The van der Waals surface area contributed by atoms with Crippen molar-refractivity contribution in [1.29, 1.82) is 0 Å². The van der Waals surface area contributed by atoms with E-state index in [1.807, 2.05) is 24.3 Å². The summed E-state index contributed by atoms with van der Waals surface area (Å²) in [6.45, 7) is 7.90. The molecule has 0 spiro atoms. The number of nitrogens with zero attached hydrogens (tertiary/aromatic N) is 1. The van der Waals surface area contributed by atoms with Crippen LogP contribution in [0.5, 0.6) is 5.75 Å². The maximum atomic E-state index is 12.9. The molecule has 0 aliphatic rings. The van der Waals surface area contributed by atoms with Gasteiger partial charge < -0.3 is 10.1 Å². The Morgan fingerprint density at radius 3 is 2.26 bits per heavy atom. The van der Waals surface area contributed by atoms with E-state index >= 15 is 0 Å². The van der Waals surface area contributed by atoms with Crippen molar-refractivity contribution in [1.82, 2.24) is 4.57 Å². The van der Waals surface area contributed by atoms with Gasteiger partial charge in [-0.05, 0) is 41.3 Å². The van der Waals surface area contributed by atoms with E-state index in [9.17, 15) is 9.59 Å². The van der Waals surface area contributed by atoms with Crippen molar-refractivity contribution in [3.63, 3.8) is 0 Å². The first-order valence-corrected chi connectivity index (χ1v) is 8.82. The number of carbonyl (C=O) groups excluding carboxylic acids is 2. The molecule has 0 radical (unpaired) electrons. The third-order valence-corrected chi connectivity index (χ3v) is 4.60. The van der Waals surface area contributed by atoms with Crippen molar-refractivity contribution in [2.24, 2.45) is 0 Å². The van der Waals surface area contributed by atoms with Crippen molar-refractivity contribution in [3.05, 3.63) is 59.8 Å². The van der Waals surface area contributed by atoms with Crippen LogP contribution < -0.4 is 10.1 Å². The van der Waals surface area contributed by atoms with Gasteiger partial charge in [0.15, 0.2) is 0 Å². The van der Waals surface area contributed by atoms with Crippen LogP contribution >= 0.6 is 0 Å². The van der Waals surface area contributed by atoms with Gasteiger partial charge in [0.1, 0.15) is 5.75 Å². The molecule has 0 aliphatic heterocycles. The van der Waals surface area contributed by atoms with Crippen LogP contribution in [0.3, 0.4) is 0 Å². The van der Waals surface area contributed by atoms with Gasteiger partial charge in [-0.1, -0.05) is 32.9 Å². The first kappa shape index (κ1) is 18.7. The summed E-state index contributed by atoms with van der Waals surface area (Å²) in [7, 11) is 1.57. The van der Waals surface area contributed by atoms with Gasteiger partial charge in [0.2, 0.25) is 5.91 Å². The molecule has 1 aromatic heterocycles. The van der Waals surface area contributed by atoms with Gasteiger partial charge in [0.05, 0.1) is 18.2 Å². The fraction of sp³-hybridized carbons (Fsp3) is 0.273. The van der Waals surface area contributed by atoms with Gasteiger partial charge >= 0.3 is 0 Å². The molecule has 5 heteroatoms. The Kier molecular flexibility index (Phi) is 4.79. The number of anilines is 1. The third kappa shape index (κ3) is 3.72. The lowest BCUT2D eigenvalue weighted by Gasteiger charge is -2.19. The number of aromatic nitrogens is 1. The second-order valence-corrected chi connectivity index (χ2v) is 7.60. The van der Waals surface area contributed by atoms with Gasteiger partial charge in [-0.2, -0.15) is 0 Å². The Labute approximate surface area is 158 Å². The van der Waals surface area contributed by atoms with Gasteiger partial charge in [-0.25, -0.2) is 0 Å². The Balaban J connectivity index is 1.96. The fourth-order valence-corrected chi connectivity index (χ4v) is 3.03. The highest BCUT2D eigenvalue weighted by Gasteiger charge is 2.18. The van der Waals surface area contributed by atoms with Crippen LogP contribution in [0.25, 0.3) is 10.9 Å². The molecule has 0 aliphatic carbocycles. The summed E-state index contributed by atoms with van der Waals surface area (Å²) >= 11 is 0. The van der Waals surface area contributed by atoms with Crippen LogP contribution in [-0.4, -0.2) is 23.5 Å². The largest absolute Gasteiger partial charge is 0.497 e. The average molecular weight is 364 g/mol. The molecular weight excluding hydrogens is 340 g/mol. The number of methoxy groups -OCH3 is 1. The van der Waals surface area contributed by atoms with Crippen LogP contribution in [0.4, 0.5) is 5.69 Å². The molecule has 1 amide bonds. The zero-order valence-corrected chi connectivity index (χ0v) is 16.3. The van der Waals surface area contributed by atoms with E-state index in [0.717, 1.165) is 0 Å². The summed E-state index contributed by atoms with van der Waals surface area (Å²) in [5, 5.41) is 3.59. The number of amides is 1. The highest BCUT2D eigenvalue weighted by molar-refractivity contribution is 6.14. The zero-order valence-electron chi connectivity index (χ0n) is 16.3. The van der Waals surface area contributed by atoms with Gasteiger partial charge in [0.25, 0.3) is 5.91 Å². The molecule has 0 unspecified atom stereocenters. The topological polar surface area (TPSA) is 60.3 Å². The number of benzene rings is 2. The quantitative estimate of drug-likeness (QED) is 0.722. The lowest BCUT2D eigenvalue weighted by Crippen LogP contribution is -2.13. The minimum absolute atomic E-state index is 0.0496. The molecule has 5 nitrogen and oxygen atoms in total. The number of nitrogens with one attached hydrogen (secondary N) is 1. The standard InChI is InChI=1S/C22H24N2O3/c1-14(25)24-13-19(18-12-17(27-5)10-11-20(18)24)21(26)23-16-8-6-15(7-9-16)22(2,3)4/h6-13H,1-5H3,(H,23,26). The molecule has 0 atom stereocenters. The normalized spacial score (nSPS) is 11.4. The van der Waals surface area contributed by atoms with Crippen LogP contribution in [0.2, 0.25) is 0 Å². The Morgan fingerprint density at radius 2 is 1.70 bits per heavy atom. The predicted molar refractivity (Wildman–Crippen MR) is 108 cm³/mol. The monoisotopic (exact) mass is 364 g/mol. The molecule has 3 aromatic rings. The number of carbonyl (C=O) groups is 2. The number of rotatable bonds is 3. The molecule has 140 valence electrons. The van der Waals surface area contributed by atoms with E-state index < -0.39 is 0 Å². The fourth-order valence-electron chi connectivity index (χ4n) is 3.03. The second kappa shape index (κ2) is 6.91. The molecule has 0 saturated carbocycles. The first-order chi connectivity index (χ1) is 12.7. The van der Waals surface area contributed by atoms with Gasteiger partial charge in [-0.3, -0.25) is 14.2 Å². The van der Waals surface area contributed by atoms with Crippen molar-refractivity contribution in [2.75, 3.05) is 12.4 Å². The summed E-state index contributed by atoms with van der Waals surface area (Å²) in [6.07, 6.45) is 1.57. The van der Waals surface area contributed by atoms with Crippen LogP contribution in [0.1, 0.15) is 48.4 Å². The molecule has 0 saturated heterocycles. The number of ether oxygens (including phenoxy) is 1. The van der Waals surface area contributed by atoms with Crippen molar-refractivity contribution in [2.45, 2.75) is 33.1 Å². The van der Waals surface area contributed by atoms with Crippen LogP contribution in [-0.2, 0) is 5.41 Å². The van der Waals surface area contributed by atoms with Crippen molar-refractivity contribution < 1.29 is 14.3 Å². The minimum atomic E-state index is -0.267. The molecule has 0 fully saturated rings. The smallest absolute Gasteiger partial charge is 0.257 e. The summed E-state index contributed by atoms with van der Waals surface area (Å²) in [5.74, 6) is 0.211. The van der Waals surface area contributed by atoms with Gasteiger partial charge in [0, 0.05) is 24.2 Å². The molecule has 27 heavy (non-hydrogen) atoms. The van der Waals surface area contributed by atoms with Crippen LogP contribution in [0, 0.1) is 0 Å². The van der Waals surface area contributed by atoms with E-state index in [1.165, 1.54) is 17.1 Å². The Morgan fingerprint density at radius 1 is 1.04 bits per heavy atom. The van der Waals surface area contributed by atoms with Crippen molar-refractivity contribution in [3.8, 4) is 5.75 Å². The molecule has 1 N–H and O–H groups in total. The molecule has 0 bridgehead atoms. The van der Waals surface area contributed by atoms with E-state index in [4.69, 9.17) is 4.74 Å². The predicted octanol–water partition coefficient (Wildman–Crippen LogP) is 4.86. The Bertz CT molecular complexity index is 1010. The van der Waals surface area contributed by atoms with E-state index in [-0.39, 0.29) is 17.2 Å². The maximum absolute atomic E-state index is 12.9. The first-order valence-electron chi connectivity index (χ1n) is 8.82. The third-order valence-electron chi connectivity index (χ3n) is 4.60. The summed E-state index contributed by atoms with van der Waals surface area (Å²) in [6, 6.07) is 13.1. The number of hydrogen-bond donors (Lipinski definition) is 1. The van der Waals surface area contributed by atoms with E-state index in [2.05, 4.69) is 26.1 Å². The van der Waals surface area contributed by atoms with Crippen molar-refractivity contribution >= 4 is 28.4 Å².